The van der Waals surface area contributed by atoms with Crippen LogP contribution in [0.5, 0.6) is 0 Å². The number of aryl methyl sites for hydroxylation is 1. The molecule has 29 heavy (non-hydrogen) atoms. The summed E-state index contributed by atoms with van der Waals surface area (Å²) in [7, 11) is 0. The van der Waals surface area contributed by atoms with Gasteiger partial charge in [0, 0.05) is 21.9 Å². The Balaban J connectivity index is 2.01. The van der Waals surface area contributed by atoms with E-state index in [2.05, 4.69) is 5.10 Å². The summed E-state index contributed by atoms with van der Waals surface area (Å²) in [6.07, 6.45) is -4.29. The minimum absolute atomic E-state index is 0.0257. The SMILES string of the molecule is CCOC(=O)CCc1nn(Cc2ccc(Cl)cc2Cl)c2ccc(C(F)(F)F)cc12. The summed E-state index contributed by atoms with van der Waals surface area (Å²) in [6.45, 7) is 2.17. The lowest BCUT2D eigenvalue weighted by Crippen LogP contribution is -2.06. The maximum Gasteiger partial charge on any atom is 0.416 e. The maximum absolute atomic E-state index is 13.2. The van der Waals surface area contributed by atoms with Crippen molar-refractivity contribution in [3.63, 3.8) is 0 Å². The first kappa shape index (κ1) is 21.5. The summed E-state index contributed by atoms with van der Waals surface area (Å²) >= 11 is 12.1. The number of fused-ring (bicyclic) bond motifs is 1. The minimum Gasteiger partial charge on any atom is -0.466 e. The number of carbonyl (C=O) groups excluding carboxylic acids is 1. The van der Waals surface area contributed by atoms with Crippen LogP contribution in [0.4, 0.5) is 13.2 Å². The van der Waals surface area contributed by atoms with Gasteiger partial charge < -0.3 is 4.74 Å². The zero-order valence-corrected chi connectivity index (χ0v) is 16.9. The highest BCUT2D eigenvalue weighted by Crippen LogP contribution is 2.33. The van der Waals surface area contributed by atoms with Crippen molar-refractivity contribution >= 4 is 40.1 Å². The molecule has 4 nitrogen and oxygen atoms in total. The van der Waals surface area contributed by atoms with Crippen molar-refractivity contribution in [2.45, 2.75) is 32.5 Å². The molecule has 0 aliphatic heterocycles. The van der Waals surface area contributed by atoms with Crippen LogP contribution in [-0.2, 0) is 28.7 Å². The molecule has 0 atom stereocenters. The lowest BCUT2D eigenvalue weighted by atomic mass is 10.1. The highest BCUT2D eigenvalue weighted by Gasteiger charge is 2.31. The number of halogens is 5. The average molecular weight is 445 g/mol. The molecule has 2 aromatic carbocycles. The van der Waals surface area contributed by atoms with Crippen LogP contribution in [0.2, 0.25) is 10.0 Å². The monoisotopic (exact) mass is 444 g/mol. The summed E-state index contributed by atoms with van der Waals surface area (Å²) in [4.78, 5) is 11.7. The van der Waals surface area contributed by atoms with Gasteiger partial charge in [-0.25, -0.2) is 0 Å². The molecule has 0 radical (unpaired) electrons. The van der Waals surface area contributed by atoms with Crippen LogP contribution in [0.15, 0.2) is 36.4 Å². The lowest BCUT2D eigenvalue weighted by Gasteiger charge is -2.08. The molecule has 3 rings (SSSR count). The normalized spacial score (nSPS) is 11.8. The van der Waals surface area contributed by atoms with E-state index >= 15 is 0 Å². The Morgan fingerprint density at radius 1 is 1.17 bits per heavy atom. The number of alkyl halides is 3. The highest BCUT2D eigenvalue weighted by atomic mass is 35.5. The third-order valence-electron chi connectivity index (χ3n) is 4.36. The van der Waals surface area contributed by atoms with Gasteiger partial charge >= 0.3 is 12.1 Å². The molecular formula is C20H17Cl2F3N2O2. The van der Waals surface area contributed by atoms with Crippen molar-refractivity contribution in [3.8, 4) is 0 Å². The molecule has 0 unspecified atom stereocenters. The van der Waals surface area contributed by atoms with Crippen LogP contribution in [0.3, 0.4) is 0 Å². The van der Waals surface area contributed by atoms with Crippen molar-refractivity contribution in [3.05, 3.63) is 63.3 Å². The first-order chi connectivity index (χ1) is 13.7. The van der Waals surface area contributed by atoms with Gasteiger partial charge in [-0.15, -0.1) is 0 Å². The second-order valence-corrected chi connectivity index (χ2v) is 7.22. The van der Waals surface area contributed by atoms with E-state index in [0.717, 1.165) is 17.7 Å². The molecule has 0 spiro atoms. The summed E-state index contributed by atoms with van der Waals surface area (Å²) in [5.74, 6) is -0.428. The standard InChI is InChI=1S/C20H17Cl2F3N2O2/c1-2-29-19(28)8-6-17-15-9-13(20(23,24)25)4-7-18(15)27(26-17)11-12-3-5-14(21)10-16(12)22/h3-5,7,9-10H,2,6,8,11H2,1H3. The van der Waals surface area contributed by atoms with E-state index in [1.807, 2.05) is 0 Å². The smallest absolute Gasteiger partial charge is 0.416 e. The topological polar surface area (TPSA) is 44.1 Å². The molecule has 0 aliphatic rings. The molecular weight excluding hydrogens is 428 g/mol. The van der Waals surface area contributed by atoms with Crippen LogP contribution in [0, 0.1) is 0 Å². The van der Waals surface area contributed by atoms with Crippen molar-refractivity contribution in [2.24, 2.45) is 0 Å². The van der Waals surface area contributed by atoms with Crippen molar-refractivity contribution in [2.75, 3.05) is 6.61 Å². The third kappa shape index (κ3) is 5.03. The second kappa shape index (κ2) is 8.63. The van der Waals surface area contributed by atoms with E-state index in [1.54, 1.807) is 29.8 Å². The molecule has 3 aromatic rings. The molecule has 1 heterocycles. The van der Waals surface area contributed by atoms with E-state index in [4.69, 9.17) is 27.9 Å². The van der Waals surface area contributed by atoms with Gasteiger partial charge in [-0.3, -0.25) is 9.48 Å². The van der Waals surface area contributed by atoms with E-state index < -0.39 is 17.7 Å². The molecule has 0 amide bonds. The molecule has 154 valence electrons. The van der Waals surface area contributed by atoms with E-state index in [0.29, 0.717) is 26.6 Å². The lowest BCUT2D eigenvalue weighted by molar-refractivity contribution is -0.143. The van der Waals surface area contributed by atoms with Gasteiger partial charge in [0.05, 0.1) is 36.3 Å². The first-order valence-corrected chi connectivity index (χ1v) is 9.61. The number of nitrogens with zero attached hydrogens (tertiary/aromatic N) is 2. The van der Waals surface area contributed by atoms with E-state index in [9.17, 15) is 18.0 Å². The van der Waals surface area contributed by atoms with E-state index in [-0.39, 0.29) is 26.0 Å². The van der Waals surface area contributed by atoms with Gasteiger partial charge in [0.15, 0.2) is 0 Å². The number of rotatable bonds is 6. The fourth-order valence-corrected chi connectivity index (χ4v) is 3.46. The average Bonchev–Trinajstić information content (AvgIpc) is 2.99. The van der Waals surface area contributed by atoms with Crippen LogP contribution in [0.1, 0.15) is 30.2 Å². The zero-order valence-electron chi connectivity index (χ0n) is 15.4. The number of aromatic nitrogens is 2. The van der Waals surface area contributed by atoms with Crippen molar-refractivity contribution in [1.82, 2.24) is 9.78 Å². The maximum atomic E-state index is 13.2. The minimum atomic E-state index is -4.48. The molecule has 0 saturated heterocycles. The Bertz CT molecular complexity index is 1050. The molecule has 1 aromatic heterocycles. The zero-order chi connectivity index (χ0) is 21.2. The van der Waals surface area contributed by atoms with Gasteiger partial charge in [-0.1, -0.05) is 29.3 Å². The molecule has 9 heteroatoms. The number of hydrogen-bond donors (Lipinski definition) is 0. The van der Waals surface area contributed by atoms with Crippen LogP contribution >= 0.6 is 23.2 Å². The quantitative estimate of drug-likeness (QED) is 0.444. The molecule has 0 aliphatic carbocycles. The molecule has 0 N–H and O–H groups in total. The summed E-state index contributed by atoms with van der Waals surface area (Å²) in [5.41, 5.74) is 0.857. The van der Waals surface area contributed by atoms with Gasteiger partial charge in [-0.2, -0.15) is 18.3 Å². The fourth-order valence-electron chi connectivity index (χ4n) is 2.99. The number of esters is 1. The van der Waals surface area contributed by atoms with Crippen LogP contribution < -0.4 is 0 Å². The fraction of sp³-hybridized carbons (Fsp3) is 0.300. The number of benzene rings is 2. The van der Waals surface area contributed by atoms with Gasteiger partial charge in [-0.05, 0) is 42.8 Å². The summed E-state index contributed by atoms with van der Waals surface area (Å²) in [5, 5.41) is 5.71. The van der Waals surface area contributed by atoms with Crippen molar-refractivity contribution in [1.29, 1.82) is 0 Å². The van der Waals surface area contributed by atoms with E-state index in [1.165, 1.54) is 6.07 Å². The van der Waals surface area contributed by atoms with Crippen LogP contribution in [-0.4, -0.2) is 22.4 Å². The summed E-state index contributed by atoms with van der Waals surface area (Å²) in [6, 6.07) is 8.46. The Morgan fingerprint density at radius 2 is 1.93 bits per heavy atom. The molecule has 0 saturated carbocycles. The van der Waals surface area contributed by atoms with Crippen molar-refractivity contribution < 1.29 is 22.7 Å². The largest absolute Gasteiger partial charge is 0.466 e. The van der Waals surface area contributed by atoms with Gasteiger partial charge in [0.25, 0.3) is 0 Å². The van der Waals surface area contributed by atoms with Crippen LogP contribution in [0.25, 0.3) is 10.9 Å². The Hall–Kier alpha value is -2.25. The number of ether oxygens (including phenoxy) is 1. The molecule has 0 bridgehead atoms. The third-order valence-corrected chi connectivity index (χ3v) is 4.95. The number of hydrogen-bond acceptors (Lipinski definition) is 3. The first-order valence-electron chi connectivity index (χ1n) is 8.85. The Labute approximate surface area is 175 Å². The Kier molecular flexibility index (Phi) is 6.39. The predicted octanol–water partition coefficient (Wildman–Crippen LogP) is 5.91. The second-order valence-electron chi connectivity index (χ2n) is 6.37. The number of carbonyl (C=O) groups is 1. The highest BCUT2D eigenvalue weighted by molar-refractivity contribution is 6.35. The Morgan fingerprint density at radius 3 is 2.59 bits per heavy atom. The predicted molar refractivity (Wildman–Crippen MR) is 105 cm³/mol. The summed E-state index contributed by atoms with van der Waals surface area (Å²) < 4.78 is 46.0. The van der Waals surface area contributed by atoms with Gasteiger partial charge in [0.2, 0.25) is 0 Å². The van der Waals surface area contributed by atoms with Gasteiger partial charge in [0.1, 0.15) is 0 Å². The molecule has 0 fully saturated rings.